The van der Waals surface area contributed by atoms with E-state index >= 15 is 0 Å². The standard InChI is InChI=1S/C22H42N6O2.HI/c1-18(2)20(27-13-15-30-16-14-27)17-25-22(23-3)24-7-8-26-9-11-28(12-10-26)21(29)19-5-4-6-19;/h18-20H,4-17H2,1-3H3,(H2,23,24,25);1H. The number of rotatable bonds is 8. The van der Waals surface area contributed by atoms with Gasteiger partial charge in [0.1, 0.15) is 0 Å². The molecule has 1 atom stereocenters. The average molecular weight is 551 g/mol. The third kappa shape index (κ3) is 8.01. The molecule has 0 spiro atoms. The molecule has 2 aliphatic heterocycles. The number of amides is 1. The van der Waals surface area contributed by atoms with Crippen molar-refractivity contribution in [2.75, 3.05) is 79.2 Å². The molecule has 0 aromatic heterocycles. The molecule has 2 heterocycles. The number of morpholine rings is 1. The summed E-state index contributed by atoms with van der Waals surface area (Å²) in [6, 6.07) is 0.480. The van der Waals surface area contributed by atoms with E-state index in [4.69, 9.17) is 4.74 Å². The Morgan fingerprint density at radius 3 is 2.29 bits per heavy atom. The molecule has 180 valence electrons. The van der Waals surface area contributed by atoms with Crippen molar-refractivity contribution in [2.45, 2.75) is 39.2 Å². The number of halogens is 1. The lowest BCUT2D eigenvalue weighted by molar-refractivity contribution is -0.139. The number of piperazine rings is 1. The summed E-state index contributed by atoms with van der Waals surface area (Å²) in [5.41, 5.74) is 0. The minimum absolute atomic E-state index is 0. The van der Waals surface area contributed by atoms with Crippen LogP contribution in [0.15, 0.2) is 4.99 Å². The molecular weight excluding hydrogens is 507 g/mol. The van der Waals surface area contributed by atoms with Crippen molar-refractivity contribution in [3.05, 3.63) is 0 Å². The van der Waals surface area contributed by atoms with Gasteiger partial charge in [-0.2, -0.15) is 0 Å². The summed E-state index contributed by atoms with van der Waals surface area (Å²) in [6.07, 6.45) is 3.42. The SMILES string of the molecule is CN=C(NCCN1CCN(C(=O)C2CCC2)CC1)NCC(C(C)C)N1CCOCC1.I. The molecule has 8 nitrogen and oxygen atoms in total. The van der Waals surface area contributed by atoms with Crippen molar-refractivity contribution >= 4 is 35.8 Å². The lowest BCUT2D eigenvalue weighted by Crippen LogP contribution is -2.54. The largest absolute Gasteiger partial charge is 0.379 e. The Balaban J connectivity index is 0.00000341. The topological polar surface area (TPSA) is 72.4 Å². The number of hydrogen-bond donors (Lipinski definition) is 2. The second-order valence-corrected chi connectivity index (χ2v) is 9.13. The molecule has 2 saturated heterocycles. The van der Waals surface area contributed by atoms with E-state index < -0.39 is 0 Å². The molecular formula is C22H43IN6O2. The van der Waals surface area contributed by atoms with Crippen molar-refractivity contribution in [2.24, 2.45) is 16.8 Å². The van der Waals surface area contributed by atoms with Crippen LogP contribution >= 0.6 is 24.0 Å². The van der Waals surface area contributed by atoms with E-state index in [-0.39, 0.29) is 24.0 Å². The smallest absolute Gasteiger partial charge is 0.225 e. The Hall–Kier alpha value is -0.650. The number of aliphatic imine (C=N–C) groups is 1. The maximum Gasteiger partial charge on any atom is 0.225 e. The second kappa shape index (κ2) is 13.8. The van der Waals surface area contributed by atoms with Crippen LogP contribution in [0.2, 0.25) is 0 Å². The molecule has 9 heteroatoms. The molecule has 3 fully saturated rings. The molecule has 31 heavy (non-hydrogen) atoms. The summed E-state index contributed by atoms with van der Waals surface area (Å²) in [7, 11) is 1.83. The molecule has 1 unspecified atom stereocenters. The molecule has 0 aromatic rings. The van der Waals surface area contributed by atoms with Gasteiger partial charge in [0.2, 0.25) is 5.91 Å². The summed E-state index contributed by atoms with van der Waals surface area (Å²) in [5, 5.41) is 6.98. The number of carbonyl (C=O) groups excluding carboxylic acids is 1. The molecule has 0 radical (unpaired) electrons. The third-order valence-electron chi connectivity index (χ3n) is 6.85. The summed E-state index contributed by atoms with van der Waals surface area (Å²) in [4.78, 5) is 23.8. The van der Waals surface area contributed by atoms with Gasteiger partial charge in [0.15, 0.2) is 5.96 Å². The number of carbonyl (C=O) groups is 1. The van der Waals surface area contributed by atoms with Crippen LogP contribution in [-0.2, 0) is 9.53 Å². The van der Waals surface area contributed by atoms with Crippen molar-refractivity contribution in [1.82, 2.24) is 25.3 Å². The molecule has 1 aliphatic carbocycles. The van der Waals surface area contributed by atoms with Crippen LogP contribution in [0.5, 0.6) is 0 Å². The maximum atomic E-state index is 12.4. The zero-order valence-electron chi connectivity index (χ0n) is 19.6. The number of guanidine groups is 1. The Morgan fingerprint density at radius 1 is 1.06 bits per heavy atom. The fourth-order valence-corrected chi connectivity index (χ4v) is 4.56. The van der Waals surface area contributed by atoms with Crippen LogP contribution in [0.4, 0.5) is 0 Å². The zero-order valence-corrected chi connectivity index (χ0v) is 22.0. The first-order valence-corrected chi connectivity index (χ1v) is 11.9. The fraction of sp³-hybridized carbons (Fsp3) is 0.909. The Morgan fingerprint density at radius 2 is 1.74 bits per heavy atom. The van der Waals surface area contributed by atoms with Crippen molar-refractivity contribution < 1.29 is 9.53 Å². The van der Waals surface area contributed by atoms with Gasteiger partial charge in [0.05, 0.1) is 13.2 Å². The van der Waals surface area contributed by atoms with Gasteiger partial charge in [-0.3, -0.25) is 19.6 Å². The van der Waals surface area contributed by atoms with E-state index in [2.05, 4.69) is 44.2 Å². The van der Waals surface area contributed by atoms with Gasteiger partial charge in [-0.1, -0.05) is 20.3 Å². The summed E-state index contributed by atoms with van der Waals surface area (Å²) in [6.45, 7) is 14.7. The normalized spacial score (nSPS) is 22.6. The van der Waals surface area contributed by atoms with Gasteiger partial charge in [-0.15, -0.1) is 24.0 Å². The first kappa shape index (κ1) is 26.6. The number of nitrogens with zero attached hydrogens (tertiary/aromatic N) is 4. The fourth-order valence-electron chi connectivity index (χ4n) is 4.56. The van der Waals surface area contributed by atoms with E-state index in [1.807, 2.05) is 7.05 Å². The monoisotopic (exact) mass is 550 g/mol. The van der Waals surface area contributed by atoms with Crippen LogP contribution in [0.3, 0.4) is 0 Å². The second-order valence-electron chi connectivity index (χ2n) is 9.13. The molecule has 0 bridgehead atoms. The number of nitrogens with one attached hydrogen (secondary N) is 2. The zero-order chi connectivity index (χ0) is 21.3. The van der Waals surface area contributed by atoms with Gasteiger partial charge in [0.25, 0.3) is 0 Å². The third-order valence-corrected chi connectivity index (χ3v) is 6.85. The summed E-state index contributed by atoms with van der Waals surface area (Å²) in [5.74, 6) is 2.16. The summed E-state index contributed by atoms with van der Waals surface area (Å²) < 4.78 is 5.50. The Kier molecular flexibility index (Phi) is 11.8. The van der Waals surface area contributed by atoms with Crippen molar-refractivity contribution in [3.8, 4) is 0 Å². The Bertz CT molecular complexity index is 558. The lowest BCUT2D eigenvalue weighted by atomic mass is 9.84. The molecule has 1 amide bonds. The van der Waals surface area contributed by atoms with Crippen molar-refractivity contribution in [3.63, 3.8) is 0 Å². The average Bonchev–Trinajstić information content (AvgIpc) is 2.72. The van der Waals surface area contributed by atoms with Crippen LogP contribution < -0.4 is 10.6 Å². The molecule has 2 N–H and O–H groups in total. The predicted octanol–water partition coefficient (Wildman–Crippen LogP) is 1.07. The number of ether oxygens (including phenoxy) is 1. The first-order chi connectivity index (χ1) is 14.6. The quantitative estimate of drug-likeness (QED) is 0.268. The van der Waals surface area contributed by atoms with Gasteiger partial charge in [-0.25, -0.2) is 0 Å². The van der Waals surface area contributed by atoms with Gasteiger partial charge < -0.3 is 20.3 Å². The highest BCUT2D eigenvalue weighted by Crippen LogP contribution is 2.28. The lowest BCUT2D eigenvalue weighted by Gasteiger charge is -2.38. The van der Waals surface area contributed by atoms with Crippen LogP contribution in [0.25, 0.3) is 0 Å². The van der Waals surface area contributed by atoms with Crippen LogP contribution in [0, 0.1) is 11.8 Å². The van der Waals surface area contributed by atoms with E-state index in [9.17, 15) is 4.79 Å². The molecule has 0 aromatic carbocycles. The highest BCUT2D eigenvalue weighted by molar-refractivity contribution is 14.0. The molecule has 3 rings (SSSR count). The van der Waals surface area contributed by atoms with Gasteiger partial charge in [-0.05, 0) is 18.8 Å². The van der Waals surface area contributed by atoms with Gasteiger partial charge in [0, 0.05) is 77.9 Å². The minimum Gasteiger partial charge on any atom is -0.379 e. The maximum absolute atomic E-state index is 12.4. The van der Waals surface area contributed by atoms with E-state index in [1.54, 1.807) is 0 Å². The molecule has 1 saturated carbocycles. The highest BCUT2D eigenvalue weighted by Gasteiger charge is 2.31. The van der Waals surface area contributed by atoms with Gasteiger partial charge >= 0.3 is 0 Å². The Labute approximate surface area is 205 Å². The first-order valence-electron chi connectivity index (χ1n) is 11.9. The molecule has 3 aliphatic rings. The van der Waals surface area contributed by atoms with Crippen LogP contribution in [-0.4, -0.2) is 112 Å². The number of hydrogen-bond acceptors (Lipinski definition) is 5. The minimum atomic E-state index is 0. The van der Waals surface area contributed by atoms with E-state index in [0.717, 1.165) is 90.9 Å². The van der Waals surface area contributed by atoms with E-state index in [1.165, 1.54) is 6.42 Å². The predicted molar refractivity (Wildman–Crippen MR) is 136 cm³/mol. The summed E-state index contributed by atoms with van der Waals surface area (Å²) >= 11 is 0. The van der Waals surface area contributed by atoms with Crippen molar-refractivity contribution in [1.29, 1.82) is 0 Å². The van der Waals surface area contributed by atoms with Crippen LogP contribution in [0.1, 0.15) is 33.1 Å². The highest BCUT2D eigenvalue weighted by atomic mass is 127. The van der Waals surface area contributed by atoms with E-state index in [0.29, 0.717) is 23.8 Å².